The first-order chi connectivity index (χ1) is 15.8. The lowest BCUT2D eigenvalue weighted by Crippen LogP contribution is -2.30. The van der Waals surface area contributed by atoms with E-state index in [4.69, 9.17) is 4.42 Å². The molecule has 0 amide bonds. The summed E-state index contributed by atoms with van der Waals surface area (Å²) in [7, 11) is -3.61. The topological polar surface area (TPSA) is 109 Å². The third-order valence-electron chi connectivity index (χ3n) is 5.33. The lowest BCUT2D eigenvalue weighted by Gasteiger charge is -2.18. The van der Waals surface area contributed by atoms with Gasteiger partial charge in [-0.25, -0.2) is 8.42 Å². The highest BCUT2D eigenvalue weighted by atomic mass is 32.2. The van der Waals surface area contributed by atoms with Gasteiger partial charge in [0, 0.05) is 41.3 Å². The Labute approximate surface area is 196 Å². The van der Waals surface area contributed by atoms with Crippen molar-refractivity contribution in [2.75, 3.05) is 13.1 Å². The summed E-state index contributed by atoms with van der Waals surface area (Å²) in [5, 5.41) is 8.76. The maximum atomic E-state index is 13.0. The third-order valence-corrected chi connectivity index (χ3v) is 8.31. The first-order valence-electron chi connectivity index (χ1n) is 10.6. The Morgan fingerprint density at radius 3 is 2.64 bits per heavy atom. The molecule has 10 heteroatoms. The number of para-hydroxylation sites is 1. The van der Waals surface area contributed by atoms with Crippen molar-refractivity contribution in [2.45, 2.75) is 36.1 Å². The van der Waals surface area contributed by atoms with Gasteiger partial charge in [0.1, 0.15) is 0 Å². The molecule has 2 aromatic heterocycles. The van der Waals surface area contributed by atoms with Gasteiger partial charge in [-0.2, -0.15) is 4.31 Å². The molecule has 0 aliphatic rings. The van der Waals surface area contributed by atoms with Crippen molar-refractivity contribution >= 4 is 38.5 Å². The maximum absolute atomic E-state index is 13.0. The van der Waals surface area contributed by atoms with Crippen LogP contribution in [-0.2, 0) is 10.0 Å². The van der Waals surface area contributed by atoms with Crippen molar-refractivity contribution in [1.29, 1.82) is 0 Å². The number of rotatable bonds is 9. The number of carbonyl (C=O) groups excluding carboxylic acids is 1. The summed E-state index contributed by atoms with van der Waals surface area (Å²) in [5.41, 5.74) is 2.01. The first kappa shape index (κ1) is 23.2. The number of Topliss-reactive ketones (excluding diaryl/α,β-unsaturated/α-hetero) is 1. The molecule has 0 saturated heterocycles. The minimum atomic E-state index is -3.61. The molecular formula is C23H24N4O4S2. The molecule has 4 aromatic rings. The number of benzene rings is 2. The zero-order valence-corrected chi connectivity index (χ0v) is 20.1. The van der Waals surface area contributed by atoms with Gasteiger partial charge in [0.05, 0.1) is 10.1 Å². The van der Waals surface area contributed by atoms with E-state index in [1.165, 1.54) is 22.1 Å². The van der Waals surface area contributed by atoms with Crippen LogP contribution in [0.15, 0.2) is 69.3 Å². The number of thioether (sulfide) groups is 1. The highest BCUT2D eigenvalue weighted by Crippen LogP contribution is 2.30. The molecule has 0 saturated carbocycles. The molecule has 0 fully saturated rings. The zero-order chi connectivity index (χ0) is 23.6. The van der Waals surface area contributed by atoms with E-state index < -0.39 is 15.3 Å². The monoisotopic (exact) mass is 484 g/mol. The molecule has 8 nitrogen and oxygen atoms in total. The van der Waals surface area contributed by atoms with E-state index in [9.17, 15) is 13.2 Å². The number of aromatic nitrogens is 3. The highest BCUT2D eigenvalue weighted by molar-refractivity contribution is 8.00. The second kappa shape index (κ2) is 9.50. The van der Waals surface area contributed by atoms with Gasteiger partial charge in [-0.05, 0) is 31.2 Å². The fourth-order valence-corrected chi connectivity index (χ4v) is 5.83. The van der Waals surface area contributed by atoms with E-state index in [2.05, 4.69) is 15.2 Å². The Morgan fingerprint density at radius 1 is 1.12 bits per heavy atom. The lowest BCUT2D eigenvalue weighted by atomic mass is 10.1. The molecule has 4 rings (SSSR count). The number of nitrogens with one attached hydrogen (secondary N) is 1. The Kier molecular flexibility index (Phi) is 6.68. The SMILES string of the molecule is CCN(CC)S(=O)(=O)c1cccc(-c2nnc(SC(C)C(=O)c3c[nH]c4ccccc34)o2)c1. The second-order valence-electron chi connectivity index (χ2n) is 7.36. The van der Waals surface area contributed by atoms with Crippen molar-refractivity contribution in [3.05, 3.63) is 60.3 Å². The van der Waals surface area contributed by atoms with Gasteiger partial charge >= 0.3 is 0 Å². The molecule has 0 radical (unpaired) electrons. The Balaban J connectivity index is 1.53. The summed E-state index contributed by atoms with van der Waals surface area (Å²) in [6.07, 6.45) is 1.71. The molecule has 2 heterocycles. The van der Waals surface area contributed by atoms with Crippen molar-refractivity contribution in [2.24, 2.45) is 0 Å². The molecule has 2 aromatic carbocycles. The number of nitrogens with zero attached hydrogens (tertiary/aromatic N) is 3. The number of carbonyl (C=O) groups is 1. The summed E-state index contributed by atoms with van der Waals surface area (Å²) in [6, 6.07) is 14.1. The minimum absolute atomic E-state index is 0.0514. The largest absolute Gasteiger partial charge is 0.411 e. The summed E-state index contributed by atoms with van der Waals surface area (Å²) in [6.45, 7) is 6.14. The number of fused-ring (bicyclic) bond motifs is 1. The minimum Gasteiger partial charge on any atom is -0.411 e. The van der Waals surface area contributed by atoms with Gasteiger partial charge in [0.25, 0.3) is 5.22 Å². The molecule has 1 unspecified atom stereocenters. The van der Waals surface area contributed by atoms with E-state index in [-0.39, 0.29) is 21.8 Å². The van der Waals surface area contributed by atoms with Crippen molar-refractivity contribution in [3.8, 4) is 11.5 Å². The molecule has 0 bridgehead atoms. The summed E-state index contributed by atoms with van der Waals surface area (Å²) >= 11 is 1.17. The molecule has 33 heavy (non-hydrogen) atoms. The molecule has 1 atom stereocenters. The number of hydrogen-bond donors (Lipinski definition) is 1. The normalized spacial score (nSPS) is 13.0. The quantitative estimate of drug-likeness (QED) is 0.273. The van der Waals surface area contributed by atoms with Crippen LogP contribution in [0.4, 0.5) is 0 Å². The average molecular weight is 485 g/mol. The molecule has 0 aliphatic carbocycles. The molecule has 0 aliphatic heterocycles. The summed E-state index contributed by atoms with van der Waals surface area (Å²) in [5.74, 6) is 0.144. The fraction of sp³-hybridized carbons (Fsp3) is 0.261. The first-order valence-corrected chi connectivity index (χ1v) is 12.9. The van der Waals surface area contributed by atoms with Crippen molar-refractivity contribution < 1.29 is 17.6 Å². The van der Waals surface area contributed by atoms with E-state index >= 15 is 0 Å². The smallest absolute Gasteiger partial charge is 0.277 e. The highest BCUT2D eigenvalue weighted by Gasteiger charge is 2.24. The summed E-state index contributed by atoms with van der Waals surface area (Å²) in [4.78, 5) is 16.3. The van der Waals surface area contributed by atoms with Crippen LogP contribution < -0.4 is 0 Å². The lowest BCUT2D eigenvalue weighted by molar-refractivity contribution is 0.0995. The average Bonchev–Trinajstić information content (AvgIpc) is 3.46. The van der Waals surface area contributed by atoms with Crippen LogP contribution in [0.5, 0.6) is 0 Å². The van der Waals surface area contributed by atoms with Crippen LogP contribution in [0.2, 0.25) is 0 Å². The molecular weight excluding hydrogens is 460 g/mol. The number of sulfonamides is 1. The van der Waals surface area contributed by atoms with Crippen molar-refractivity contribution in [1.82, 2.24) is 19.5 Å². The predicted molar refractivity (Wildman–Crippen MR) is 128 cm³/mol. The van der Waals surface area contributed by atoms with E-state index in [1.54, 1.807) is 45.2 Å². The number of aromatic amines is 1. The molecule has 1 N–H and O–H groups in total. The number of ketones is 1. The van der Waals surface area contributed by atoms with E-state index in [1.807, 2.05) is 24.3 Å². The fourth-order valence-electron chi connectivity index (χ4n) is 3.58. The zero-order valence-electron chi connectivity index (χ0n) is 18.5. The number of hydrogen-bond acceptors (Lipinski definition) is 7. The van der Waals surface area contributed by atoms with Crippen molar-refractivity contribution in [3.63, 3.8) is 0 Å². The van der Waals surface area contributed by atoms with Crippen LogP contribution in [0.3, 0.4) is 0 Å². The van der Waals surface area contributed by atoms with Crippen LogP contribution in [-0.4, -0.2) is 52.0 Å². The van der Waals surface area contributed by atoms with Gasteiger partial charge in [0.2, 0.25) is 15.9 Å². The van der Waals surface area contributed by atoms with Gasteiger partial charge in [0.15, 0.2) is 5.78 Å². The standard InChI is InChI=1S/C23H24N4O4S2/c1-4-27(5-2)33(29,30)17-10-8-9-16(13-17)22-25-26-23(31-22)32-15(3)21(28)19-14-24-20-12-7-6-11-18(19)20/h6-15,24H,4-5H2,1-3H3. The van der Waals surface area contributed by atoms with E-state index in [0.29, 0.717) is 24.2 Å². The van der Waals surface area contributed by atoms with Crippen LogP contribution in [0.1, 0.15) is 31.1 Å². The van der Waals surface area contributed by atoms with Gasteiger partial charge in [-0.15, -0.1) is 10.2 Å². The number of H-pyrrole nitrogens is 1. The Hall–Kier alpha value is -2.95. The maximum Gasteiger partial charge on any atom is 0.277 e. The van der Waals surface area contributed by atoms with Crippen LogP contribution in [0, 0.1) is 0 Å². The predicted octanol–water partition coefficient (Wildman–Crippen LogP) is 4.61. The Bertz CT molecular complexity index is 1390. The van der Waals surface area contributed by atoms with E-state index in [0.717, 1.165) is 10.9 Å². The van der Waals surface area contributed by atoms with Crippen LogP contribution in [0.25, 0.3) is 22.4 Å². The second-order valence-corrected chi connectivity index (χ2v) is 10.6. The van der Waals surface area contributed by atoms with Gasteiger partial charge in [-0.1, -0.05) is 49.9 Å². The third kappa shape index (κ3) is 4.59. The summed E-state index contributed by atoms with van der Waals surface area (Å²) < 4.78 is 32.8. The van der Waals surface area contributed by atoms with Gasteiger partial charge in [-0.3, -0.25) is 4.79 Å². The molecule has 172 valence electrons. The molecule has 0 spiro atoms. The van der Waals surface area contributed by atoms with Gasteiger partial charge < -0.3 is 9.40 Å². The Morgan fingerprint density at radius 2 is 1.88 bits per heavy atom. The van der Waals surface area contributed by atoms with Crippen LogP contribution >= 0.6 is 11.8 Å².